The van der Waals surface area contributed by atoms with Crippen LogP contribution in [0.3, 0.4) is 0 Å². The van der Waals surface area contributed by atoms with Gasteiger partial charge in [-0.05, 0) is 24.3 Å². The molecule has 1 fully saturated rings. The number of nitrogens with one attached hydrogen (secondary N) is 1. The van der Waals surface area contributed by atoms with Gasteiger partial charge >= 0.3 is 0 Å². The van der Waals surface area contributed by atoms with Gasteiger partial charge in [0.2, 0.25) is 11.8 Å². The van der Waals surface area contributed by atoms with E-state index < -0.39 is 23.5 Å². The number of amides is 2. The van der Waals surface area contributed by atoms with Gasteiger partial charge in [0.25, 0.3) is 0 Å². The maximum Gasteiger partial charge on any atom is 0.229 e. The molecule has 27 heavy (non-hydrogen) atoms. The van der Waals surface area contributed by atoms with Crippen LogP contribution in [0.1, 0.15) is 6.42 Å². The predicted molar refractivity (Wildman–Crippen MR) is 95.0 cm³/mol. The number of nitrogens with zero attached hydrogens (tertiary/aromatic N) is 1. The van der Waals surface area contributed by atoms with Crippen molar-refractivity contribution in [3.8, 4) is 11.5 Å². The number of methoxy groups -OCH3 is 2. The zero-order chi connectivity index (χ0) is 19.6. The Morgan fingerprint density at radius 2 is 1.89 bits per heavy atom. The fourth-order valence-electron chi connectivity index (χ4n) is 2.94. The van der Waals surface area contributed by atoms with Crippen LogP contribution in [0.15, 0.2) is 36.4 Å². The molecule has 2 amide bonds. The molecule has 1 aliphatic rings. The summed E-state index contributed by atoms with van der Waals surface area (Å²) in [6, 6.07) is 8.12. The summed E-state index contributed by atoms with van der Waals surface area (Å²) in [5.74, 6) is -2.36. The van der Waals surface area contributed by atoms with E-state index in [1.54, 1.807) is 18.2 Å². The van der Waals surface area contributed by atoms with Crippen LogP contribution in [-0.4, -0.2) is 32.6 Å². The van der Waals surface area contributed by atoms with E-state index in [4.69, 9.17) is 9.47 Å². The summed E-state index contributed by atoms with van der Waals surface area (Å²) >= 11 is 0. The van der Waals surface area contributed by atoms with Crippen LogP contribution in [-0.2, 0) is 9.59 Å². The molecule has 8 heteroatoms. The first-order valence-corrected chi connectivity index (χ1v) is 8.21. The summed E-state index contributed by atoms with van der Waals surface area (Å²) in [5.41, 5.74) is 0.633. The summed E-state index contributed by atoms with van der Waals surface area (Å²) in [7, 11) is 2.99. The molecular weight excluding hydrogens is 358 g/mol. The van der Waals surface area contributed by atoms with Crippen LogP contribution < -0.4 is 19.7 Å². The second-order valence-corrected chi connectivity index (χ2v) is 6.06. The largest absolute Gasteiger partial charge is 0.497 e. The van der Waals surface area contributed by atoms with Gasteiger partial charge in [0, 0.05) is 30.8 Å². The molecule has 6 nitrogen and oxygen atoms in total. The molecule has 2 aromatic carbocycles. The molecule has 0 aliphatic carbocycles. The van der Waals surface area contributed by atoms with E-state index in [1.165, 1.54) is 25.2 Å². The Kier molecular flexibility index (Phi) is 5.25. The highest BCUT2D eigenvalue weighted by Gasteiger charge is 2.36. The lowest BCUT2D eigenvalue weighted by atomic mass is 10.1. The topological polar surface area (TPSA) is 67.9 Å². The second kappa shape index (κ2) is 7.61. The van der Waals surface area contributed by atoms with E-state index in [0.717, 1.165) is 12.1 Å². The highest BCUT2D eigenvalue weighted by Crippen LogP contribution is 2.36. The van der Waals surface area contributed by atoms with Crippen molar-refractivity contribution < 1.29 is 27.8 Å². The molecule has 3 rings (SSSR count). The van der Waals surface area contributed by atoms with Crippen molar-refractivity contribution in [3.63, 3.8) is 0 Å². The number of hydrogen-bond donors (Lipinski definition) is 1. The smallest absolute Gasteiger partial charge is 0.229 e. The van der Waals surface area contributed by atoms with Crippen molar-refractivity contribution in [1.29, 1.82) is 0 Å². The minimum absolute atomic E-state index is 0.00409. The summed E-state index contributed by atoms with van der Waals surface area (Å²) in [4.78, 5) is 26.4. The van der Waals surface area contributed by atoms with Gasteiger partial charge in [-0.15, -0.1) is 0 Å². The van der Waals surface area contributed by atoms with Gasteiger partial charge in [0.15, 0.2) is 11.6 Å². The standard InChI is InChI=1S/C19H18F2N2O4/c1-26-13-4-6-17(27-2)16(9-13)23-10-11(7-18(23)24)19(25)22-12-3-5-14(20)15(21)8-12/h3-6,8-9,11H,7,10H2,1-2H3,(H,22,25). The number of carbonyl (C=O) groups excluding carboxylic acids is 2. The summed E-state index contributed by atoms with van der Waals surface area (Å²) in [6.45, 7) is 0.137. The van der Waals surface area contributed by atoms with Gasteiger partial charge in [-0.25, -0.2) is 8.78 Å². The molecule has 1 N–H and O–H groups in total. The number of hydrogen-bond acceptors (Lipinski definition) is 4. The van der Waals surface area contributed by atoms with Crippen molar-refractivity contribution >= 4 is 23.2 Å². The Balaban J connectivity index is 1.77. The molecule has 1 heterocycles. The lowest BCUT2D eigenvalue weighted by Crippen LogP contribution is -2.28. The lowest BCUT2D eigenvalue weighted by Gasteiger charge is -2.20. The molecule has 142 valence electrons. The molecule has 0 aromatic heterocycles. The highest BCUT2D eigenvalue weighted by atomic mass is 19.2. The molecule has 1 saturated heterocycles. The van der Waals surface area contributed by atoms with Crippen molar-refractivity contribution in [3.05, 3.63) is 48.0 Å². The number of anilines is 2. The van der Waals surface area contributed by atoms with Gasteiger partial charge in [0.1, 0.15) is 11.5 Å². The van der Waals surface area contributed by atoms with Gasteiger partial charge in [-0.2, -0.15) is 0 Å². The first kappa shape index (κ1) is 18.6. The third kappa shape index (κ3) is 3.84. The van der Waals surface area contributed by atoms with Crippen molar-refractivity contribution in [2.75, 3.05) is 31.0 Å². The number of benzene rings is 2. The third-order valence-corrected chi connectivity index (χ3v) is 4.36. The fraction of sp³-hybridized carbons (Fsp3) is 0.263. The normalized spacial score (nSPS) is 16.4. The van der Waals surface area contributed by atoms with Gasteiger partial charge in [-0.3, -0.25) is 9.59 Å². The van der Waals surface area contributed by atoms with E-state index in [0.29, 0.717) is 17.2 Å². The van der Waals surface area contributed by atoms with E-state index >= 15 is 0 Å². The first-order valence-electron chi connectivity index (χ1n) is 8.21. The van der Waals surface area contributed by atoms with Crippen LogP contribution >= 0.6 is 0 Å². The van der Waals surface area contributed by atoms with E-state index in [2.05, 4.69) is 5.32 Å². The summed E-state index contributed by atoms with van der Waals surface area (Å²) in [5, 5.41) is 2.52. The quantitative estimate of drug-likeness (QED) is 0.871. The number of rotatable bonds is 5. The van der Waals surface area contributed by atoms with E-state index in [9.17, 15) is 18.4 Å². The Morgan fingerprint density at radius 3 is 2.56 bits per heavy atom. The summed E-state index contributed by atoms with van der Waals surface area (Å²) in [6.07, 6.45) is -0.00409. The molecule has 0 saturated carbocycles. The third-order valence-electron chi connectivity index (χ3n) is 4.36. The summed E-state index contributed by atoms with van der Waals surface area (Å²) < 4.78 is 36.8. The van der Waals surface area contributed by atoms with Gasteiger partial charge in [0.05, 0.1) is 25.8 Å². The average molecular weight is 376 g/mol. The molecule has 0 bridgehead atoms. The van der Waals surface area contributed by atoms with Crippen molar-refractivity contribution in [1.82, 2.24) is 0 Å². The maximum absolute atomic E-state index is 13.3. The zero-order valence-electron chi connectivity index (χ0n) is 14.8. The SMILES string of the molecule is COc1ccc(OC)c(N2CC(C(=O)Nc3ccc(F)c(F)c3)CC2=O)c1. The van der Waals surface area contributed by atoms with Gasteiger partial charge in [-0.1, -0.05) is 0 Å². The number of carbonyl (C=O) groups is 2. The molecule has 1 unspecified atom stereocenters. The van der Waals surface area contributed by atoms with Crippen LogP contribution in [0, 0.1) is 17.6 Å². The van der Waals surface area contributed by atoms with E-state index in [-0.39, 0.29) is 24.6 Å². The molecule has 2 aromatic rings. The maximum atomic E-state index is 13.3. The zero-order valence-corrected chi connectivity index (χ0v) is 14.8. The average Bonchev–Trinajstić information content (AvgIpc) is 3.06. The fourth-order valence-corrected chi connectivity index (χ4v) is 2.94. The molecule has 1 aliphatic heterocycles. The Labute approximate surface area is 154 Å². The monoisotopic (exact) mass is 376 g/mol. The molecule has 0 radical (unpaired) electrons. The lowest BCUT2D eigenvalue weighted by molar-refractivity contribution is -0.122. The second-order valence-electron chi connectivity index (χ2n) is 6.06. The van der Waals surface area contributed by atoms with Crippen LogP contribution in [0.25, 0.3) is 0 Å². The van der Waals surface area contributed by atoms with E-state index in [1.807, 2.05) is 0 Å². The minimum atomic E-state index is -1.06. The van der Waals surface area contributed by atoms with Crippen LogP contribution in [0.4, 0.5) is 20.2 Å². The number of ether oxygens (including phenoxy) is 2. The minimum Gasteiger partial charge on any atom is -0.497 e. The van der Waals surface area contributed by atoms with Crippen molar-refractivity contribution in [2.45, 2.75) is 6.42 Å². The Morgan fingerprint density at radius 1 is 1.11 bits per heavy atom. The molecule has 0 spiro atoms. The van der Waals surface area contributed by atoms with Crippen LogP contribution in [0.5, 0.6) is 11.5 Å². The molecular formula is C19H18F2N2O4. The Bertz CT molecular complexity index is 888. The predicted octanol–water partition coefficient (Wildman–Crippen LogP) is 2.97. The van der Waals surface area contributed by atoms with Gasteiger partial charge < -0.3 is 19.7 Å². The highest BCUT2D eigenvalue weighted by molar-refractivity contribution is 6.04. The molecule has 1 atom stereocenters. The number of halogens is 2. The Hall–Kier alpha value is -3.16. The van der Waals surface area contributed by atoms with Crippen molar-refractivity contribution in [2.24, 2.45) is 5.92 Å². The first-order chi connectivity index (χ1) is 12.9. The van der Waals surface area contributed by atoms with Crippen LogP contribution in [0.2, 0.25) is 0 Å².